The third kappa shape index (κ3) is 2.25. The van der Waals surface area contributed by atoms with E-state index < -0.39 is 11.2 Å². The van der Waals surface area contributed by atoms with E-state index in [4.69, 9.17) is 9.25 Å². The molecule has 2 aromatic heterocycles. The van der Waals surface area contributed by atoms with E-state index in [9.17, 15) is 9.59 Å². The van der Waals surface area contributed by atoms with Crippen molar-refractivity contribution in [1.29, 1.82) is 0 Å². The Kier molecular flexibility index (Phi) is 3.42. The number of aromatic nitrogens is 2. The molecule has 18 heavy (non-hydrogen) atoms. The molecule has 2 heterocycles. The van der Waals surface area contributed by atoms with E-state index in [0.717, 1.165) is 6.42 Å². The molecule has 0 saturated heterocycles. The largest absolute Gasteiger partial charge is 0.403 e. The molecule has 0 radical (unpaired) electrons. The molecule has 96 valence electrons. The number of hydrogen-bond acceptors (Lipinski definition) is 6. The van der Waals surface area contributed by atoms with Gasteiger partial charge in [-0.2, -0.15) is 10.5 Å². The quantitative estimate of drug-likeness (QED) is 0.760. The minimum absolute atomic E-state index is 0.0139. The third-order valence-electron chi connectivity index (χ3n) is 2.39. The molecule has 0 saturated carbocycles. The molecule has 0 aromatic carbocycles. The SMILES string of the molecule is CCCc1cc(=O)oc2nc(ONC)[nH]c(=O)c12. The van der Waals surface area contributed by atoms with E-state index in [2.05, 4.69) is 15.4 Å². The molecule has 0 amide bonds. The predicted octanol–water partition coefficient (Wildman–Crippen LogP) is 0.342. The first kappa shape index (κ1) is 12.3. The van der Waals surface area contributed by atoms with E-state index in [1.165, 1.54) is 13.1 Å². The van der Waals surface area contributed by atoms with Crippen molar-refractivity contribution in [2.75, 3.05) is 7.05 Å². The van der Waals surface area contributed by atoms with Gasteiger partial charge in [0.05, 0.1) is 0 Å². The summed E-state index contributed by atoms with van der Waals surface area (Å²) < 4.78 is 4.92. The fourth-order valence-corrected chi connectivity index (χ4v) is 1.74. The average molecular weight is 251 g/mol. The van der Waals surface area contributed by atoms with Crippen LogP contribution in [0, 0.1) is 0 Å². The summed E-state index contributed by atoms with van der Waals surface area (Å²) in [6.45, 7) is 1.96. The van der Waals surface area contributed by atoms with Crippen molar-refractivity contribution >= 4 is 11.1 Å². The van der Waals surface area contributed by atoms with E-state index in [-0.39, 0.29) is 11.7 Å². The summed E-state index contributed by atoms with van der Waals surface area (Å²) in [6.07, 6.45) is 1.42. The lowest BCUT2D eigenvalue weighted by Crippen LogP contribution is -2.19. The van der Waals surface area contributed by atoms with Crippen molar-refractivity contribution in [3.05, 3.63) is 32.4 Å². The Balaban J connectivity index is 2.74. The van der Waals surface area contributed by atoms with Gasteiger partial charge in [-0.25, -0.2) is 4.79 Å². The van der Waals surface area contributed by atoms with Crippen LogP contribution < -0.4 is 21.5 Å². The average Bonchev–Trinajstić information content (AvgIpc) is 2.28. The molecular formula is C11H13N3O4. The van der Waals surface area contributed by atoms with Gasteiger partial charge >= 0.3 is 11.6 Å². The Bertz CT molecular complexity index is 674. The molecule has 0 fully saturated rings. The highest BCUT2D eigenvalue weighted by Crippen LogP contribution is 2.13. The number of nitrogens with zero attached hydrogens (tertiary/aromatic N) is 1. The van der Waals surface area contributed by atoms with Crippen LogP contribution in [0.4, 0.5) is 0 Å². The lowest BCUT2D eigenvalue weighted by atomic mass is 10.1. The summed E-state index contributed by atoms with van der Waals surface area (Å²) in [5.41, 5.74) is 2.08. The maximum Gasteiger partial charge on any atom is 0.337 e. The topological polar surface area (TPSA) is 97.2 Å². The lowest BCUT2D eigenvalue weighted by molar-refractivity contribution is 0.203. The Morgan fingerprint density at radius 2 is 2.28 bits per heavy atom. The van der Waals surface area contributed by atoms with Crippen LogP contribution >= 0.6 is 0 Å². The van der Waals surface area contributed by atoms with Crippen LogP contribution in [0.3, 0.4) is 0 Å². The van der Waals surface area contributed by atoms with Crippen molar-refractivity contribution in [2.24, 2.45) is 0 Å². The molecule has 0 bridgehead atoms. The van der Waals surface area contributed by atoms with Gasteiger partial charge in [0.15, 0.2) is 0 Å². The van der Waals surface area contributed by atoms with Crippen molar-refractivity contribution in [3.63, 3.8) is 0 Å². The molecule has 2 aromatic rings. The molecular weight excluding hydrogens is 238 g/mol. The number of rotatable bonds is 4. The molecule has 0 aliphatic carbocycles. The summed E-state index contributed by atoms with van der Waals surface area (Å²) in [4.78, 5) is 34.5. The van der Waals surface area contributed by atoms with Gasteiger partial charge in [0.1, 0.15) is 5.39 Å². The molecule has 0 spiro atoms. The van der Waals surface area contributed by atoms with Crippen molar-refractivity contribution < 1.29 is 9.25 Å². The molecule has 2 N–H and O–H groups in total. The van der Waals surface area contributed by atoms with Crippen molar-refractivity contribution in [3.8, 4) is 6.01 Å². The van der Waals surface area contributed by atoms with Crippen LogP contribution in [0.5, 0.6) is 6.01 Å². The van der Waals surface area contributed by atoms with Crippen molar-refractivity contribution in [2.45, 2.75) is 19.8 Å². The monoisotopic (exact) mass is 251 g/mol. The normalized spacial score (nSPS) is 10.8. The van der Waals surface area contributed by atoms with Gasteiger partial charge in [-0.3, -0.25) is 9.78 Å². The van der Waals surface area contributed by atoms with Crippen molar-refractivity contribution in [1.82, 2.24) is 15.4 Å². The minimum Gasteiger partial charge on any atom is -0.403 e. The molecule has 0 aliphatic heterocycles. The number of nitrogens with one attached hydrogen (secondary N) is 2. The summed E-state index contributed by atoms with van der Waals surface area (Å²) in [7, 11) is 1.52. The molecule has 2 rings (SSSR count). The zero-order chi connectivity index (χ0) is 13.1. The molecule has 7 nitrogen and oxygen atoms in total. The van der Waals surface area contributed by atoms with Gasteiger partial charge in [0.2, 0.25) is 5.71 Å². The number of hydroxylamine groups is 1. The number of hydrogen-bond donors (Lipinski definition) is 2. The van der Waals surface area contributed by atoms with Crippen LogP contribution in [0.25, 0.3) is 11.1 Å². The second kappa shape index (κ2) is 5.01. The smallest absolute Gasteiger partial charge is 0.337 e. The summed E-state index contributed by atoms with van der Waals surface area (Å²) >= 11 is 0. The van der Waals surface area contributed by atoms with E-state index in [1.54, 1.807) is 0 Å². The van der Waals surface area contributed by atoms with Gasteiger partial charge in [0, 0.05) is 13.1 Å². The Labute approximate surface area is 102 Å². The highest BCUT2D eigenvalue weighted by molar-refractivity contribution is 5.75. The second-order valence-corrected chi connectivity index (χ2v) is 3.70. The van der Waals surface area contributed by atoms with Gasteiger partial charge in [-0.1, -0.05) is 13.3 Å². The fraction of sp³-hybridized carbons (Fsp3) is 0.364. The maximum atomic E-state index is 11.9. The number of aromatic amines is 1. The van der Waals surface area contributed by atoms with Crippen LogP contribution in [-0.2, 0) is 6.42 Å². The molecule has 0 unspecified atom stereocenters. The van der Waals surface area contributed by atoms with E-state index in [0.29, 0.717) is 17.4 Å². The highest BCUT2D eigenvalue weighted by Gasteiger charge is 2.12. The predicted molar refractivity (Wildman–Crippen MR) is 64.6 cm³/mol. The highest BCUT2D eigenvalue weighted by atomic mass is 16.7. The summed E-state index contributed by atoms with van der Waals surface area (Å²) in [5, 5.41) is 0.292. The summed E-state index contributed by atoms with van der Waals surface area (Å²) in [5.74, 6) is 0. The standard InChI is InChI=1S/C11H13N3O4/c1-3-4-6-5-7(15)17-10-8(6)9(16)13-11(14-10)18-12-2/h5,12H,3-4H2,1-2H3,(H,13,14,16). The van der Waals surface area contributed by atoms with Crippen LogP contribution in [0.2, 0.25) is 0 Å². The first-order chi connectivity index (χ1) is 8.65. The van der Waals surface area contributed by atoms with Crippen LogP contribution in [0.15, 0.2) is 20.1 Å². The third-order valence-corrected chi connectivity index (χ3v) is 2.39. The van der Waals surface area contributed by atoms with Gasteiger partial charge in [-0.05, 0) is 12.0 Å². The first-order valence-corrected chi connectivity index (χ1v) is 5.56. The Hall–Kier alpha value is -2.15. The van der Waals surface area contributed by atoms with Gasteiger partial charge in [-0.15, -0.1) is 0 Å². The van der Waals surface area contributed by atoms with E-state index >= 15 is 0 Å². The number of fused-ring (bicyclic) bond motifs is 1. The summed E-state index contributed by atoms with van der Waals surface area (Å²) in [6, 6.07) is 1.27. The Morgan fingerprint density at radius 1 is 1.50 bits per heavy atom. The number of aryl methyl sites for hydroxylation is 1. The Morgan fingerprint density at radius 3 is 2.94 bits per heavy atom. The lowest BCUT2D eigenvalue weighted by Gasteiger charge is -2.04. The minimum atomic E-state index is -0.528. The fourth-order valence-electron chi connectivity index (χ4n) is 1.74. The van der Waals surface area contributed by atoms with Crippen LogP contribution in [-0.4, -0.2) is 17.0 Å². The van der Waals surface area contributed by atoms with Gasteiger partial charge < -0.3 is 9.25 Å². The second-order valence-electron chi connectivity index (χ2n) is 3.70. The molecule has 0 atom stereocenters. The molecule has 7 heteroatoms. The van der Waals surface area contributed by atoms with Crippen LogP contribution in [0.1, 0.15) is 18.9 Å². The zero-order valence-electron chi connectivity index (χ0n) is 10.1. The van der Waals surface area contributed by atoms with Gasteiger partial charge in [0.25, 0.3) is 5.56 Å². The molecule has 0 aliphatic rings. The van der Waals surface area contributed by atoms with E-state index in [1.807, 2.05) is 6.92 Å². The maximum absolute atomic E-state index is 11.9. The zero-order valence-corrected chi connectivity index (χ0v) is 10.1. The number of H-pyrrole nitrogens is 1. The first-order valence-electron chi connectivity index (χ1n) is 5.56.